The van der Waals surface area contributed by atoms with Crippen molar-refractivity contribution in [2.75, 3.05) is 0 Å². The molecule has 0 N–H and O–H groups in total. The summed E-state index contributed by atoms with van der Waals surface area (Å²) in [7, 11) is 0. The van der Waals surface area contributed by atoms with Crippen molar-refractivity contribution in [3.63, 3.8) is 0 Å². The molecule has 0 aliphatic rings. The molecule has 0 aromatic heterocycles. The molecule has 0 fully saturated rings. The molecular weight excluding hydrogens is 264 g/mol. The fourth-order valence-corrected chi connectivity index (χ4v) is 3.31. The first kappa shape index (κ1) is 14.6. The Morgan fingerprint density at radius 2 is 0.955 bits per heavy atom. The zero-order valence-corrected chi connectivity index (χ0v) is 13.8. The van der Waals surface area contributed by atoms with Crippen molar-refractivity contribution >= 4 is 0 Å². The van der Waals surface area contributed by atoms with Crippen LogP contribution in [0.4, 0.5) is 0 Å². The van der Waals surface area contributed by atoms with Crippen LogP contribution in [0.15, 0.2) is 60.7 Å². The minimum absolute atomic E-state index is 1.32. The lowest BCUT2D eigenvalue weighted by molar-refractivity contribution is 1.34. The van der Waals surface area contributed by atoms with Gasteiger partial charge in [0.1, 0.15) is 0 Å². The first-order valence-electron chi connectivity index (χ1n) is 7.82. The average molecular weight is 286 g/mol. The molecular formula is C22H22. The maximum atomic E-state index is 2.24. The van der Waals surface area contributed by atoms with Crippen LogP contribution in [-0.4, -0.2) is 0 Å². The van der Waals surface area contributed by atoms with Gasteiger partial charge in [0, 0.05) is 0 Å². The highest BCUT2D eigenvalue weighted by Gasteiger charge is 2.12. The van der Waals surface area contributed by atoms with Crippen molar-refractivity contribution in [3.05, 3.63) is 82.9 Å². The van der Waals surface area contributed by atoms with Gasteiger partial charge in [0.2, 0.25) is 0 Å². The molecule has 0 bridgehead atoms. The Morgan fingerprint density at radius 3 is 1.64 bits per heavy atom. The fraction of sp³-hybridized carbons (Fsp3) is 0.182. The van der Waals surface area contributed by atoms with Gasteiger partial charge in [-0.2, -0.15) is 0 Å². The van der Waals surface area contributed by atoms with E-state index in [1.807, 2.05) is 0 Å². The van der Waals surface area contributed by atoms with Gasteiger partial charge in [-0.25, -0.2) is 0 Å². The number of hydrogen-bond donors (Lipinski definition) is 0. The van der Waals surface area contributed by atoms with Crippen LogP contribution >= 0.6 is 0 Å². The first-order valence-corrected chi connectivity index (χ1v) is 7.82. The van der Waals surface area contributed by atoms with Gasteiger partial charge in [-0.15, -0.1) is 0 Å². The van der Waals surface area contributed by atoms with Crippen LogP contribution < -0.4 is 0 Å². The molecule has 0 spiro atoms. The van der Waals surface area contributed by atoms with E-state index < -0.39 is 0 Å². The second kappa shape index (κ2) is 5.81. The van der Waals surface area contributed by atoms with Gasteiger partial charge in [0.15, 0.2) is 0 Å². The molecule has 110 valence electrons. The van der Waals surface area contributed by atoms with Gasteiger partial charge in [-0.1, -0.05) is 60.7 Å². The zero-order valence-electron chi connectivity index (χ0n) is 13.8. The zero-order chi connectivity index (χ0) is 15.7. The molecule has 0 amide bonds. The Labute approximate surface area is 133 Å². The molecule has 22 heavy (non-hydrogen) atoms. The predicted octanol–water partition coefficient (Wildman–Crippen LogP) is 6.25. The second-order valence-electron chi connectivity index (χ2n) is 6.06. The van der Waals surface area contributed by atoms with E-state index in [1.165, 1.54) is 44.5 Å². The lowest BCUT2D eigenvalue weighted by Gasteiger charge is -2.17. The van der Waals surface area contributed by atoms with Crippen LogP contribution in [0.2, 0.25) is 0 Å². The van der Waals surface area contributed by atoms with Gasteiger partial charge in [0.25, 0.3) is 0 Å². The Bertz CT molecular complexity index is 805. The Hall–Kier alpha value is -2.34. The molecule has 0 radical (unpaired) electrons. The van der Waals surface area contributed by atoms with Crippen molar-refractivity contribution < 1.29 is 0 Å². The van der Waals surface area contributed by atoms with Crippen LogP contribution in [0, 0.1) is 27.7 Å². The maximum absolute atomic E-state index is 2.24. The van der Waals surface area contributed by atoms with E-state index in [-0.39, 0.29) is 0 Å². The van der Waals surface area contributed by atoms with Crippen LogP contribution in [0.25, 0.3) is 22.3 Å². The molecule has 3 aromatic carbocycles. The third-order valence-corrected chi connectivity index (χ3v) is 4.52. The number of aryl methyl sites for hydroxylation is 3. The van der Waals surface area contributed by atoms with E-state index in [9.17, 15) is 0 Å². The van der Waals surface area contributed by atoms with E-state index in [0.29, 0.717) is 0 Å². The summed E-state index contributed by atoms with van der Waals surface area (Å²) in [5.74, 6) is 0. The predicted molar refractivity (Wildman–Crippen MR) is 96.3 cm³/mol. The number of rotatable bonds is 2. The molecule has 0 heterocycles. The van der Waals surface area contributed by atoms with E-state index in [1.54, 1.807) is 0 Å². The van der Waals surface area contributed by atoms with E-state index in [2.05, 4.69) is 88.4 Å². The summed E-state index contributed by atoms with van der Waals surface area (Å²) in [6, 6.07) is 21.8. The SMILES string of the molecule is Cc1ccccc1-c1cccc(-c2c(C)cccc2C)c1C. The van der Waals surface area contributed by atoms with Crippen LogP contribution in [0.3, 0.4) is 0 Å². The Balaban J connectivity index is 2.25. The largest absolute Gasteiger partial charge is 0.0620 e. The summed E-state index contributed by atoms with van der Waals surface area (Å²) in [5.41, 5.74) is 10.7. The van der Waals surface area contributed by atoms with Crippen molar-refractivity contribution in [1.29, 1.82) is 0 Å². The summed E-state index contributed by atoms with van der Waals surface area (Å²) in [6.07, 6.45) is 0. The summed E-state index contributed by atoms with van der Waals surface area (Å²) in [5, 5.41) is 0. The van der Waals surface area contributed by atoms with E-state index in [4.69, 9.17) is 0 Å². The summed E-state index contributed by atoms with van der Waals surface area (Å²) < 4.78 is 0. The molecule has 0 saturated heterocycles. The van der Waals surface area contributed by atoms with Crippen molar-refractivity contribution in [2.45, 2.75) is 27.7 Å². The van der Waals surface area contributed by atoms with Gasteiger partial charge in [-0.05, 0) is 72.2 Å². The van der Waals surface area contributed by atoms with Gasteiger partial charge in [-0.3, -0.25) is 0 Å². The van der Waals surface area contributed by atoms with Crippen molar-refractivity contribution in [3.8, 4) is 22.3 Å². The Morgan fingerprint density at radius 1 is 0.455 bits per heavy atom. The monoisotopic (exact) mass is 286 g/mol. The first-order chi connectivity index (χ1) is 10.6. The highest BCUT2D eigenvalue weighted by atomic mass is 14.2. The molecule has 0 saturated carbocycles. The standard InChI is InChI=1S/C22H22/c1-15-9-5-6-12-19(15)20-13-8-14-21(18(20)4)22-16(2)10-7-11-17(22)3/h5-14H,1-4H3. The van der Waals surface area contributed by atoms with E-state index in [0.717, 1.165) is 0 Å². The summed E-state index contributed by atoms with van der Waals surface area (Å²) >= 11 is 0. The third-order valence-electron chi connectivity index (χ3n) is 4.52. The molecule has 0 atom stereocenters. The highest BCUT2D eigenvalue weighted by molar-refractivity contribution is 5.82. The van der Waals surface area contributed by atoms with Crippen LogP contribution in [0.5, 0.6) is 0 Å². The minimum atomic E-state index is 1.32. The van der Waals surface area contributed by atoms with Gasteiger partial charge >= 0.3 is 0 Å². The average Bonchev–Trinajstić information content (AvgIpc) is 2.50. The lowest BCUT2D eigenvalue weighted by Crippen LogP contribution is -1.94. The van der Waals surface area contributed by atoms with Crippen molar-refractivity contribution in [2.24, 2.45) is 0 Å². The molecule has 3 rings (SSSR count). The van der Waals surface area contributed by atoms with Crippen LogP contribution in [-0.2, 0) is 0 Å². The topological polar surface area (TPSA) is 0 Å². The molecule has 0 aliphatic carbocycles. The number of benzene rings is 3. The maximum Gasteiger partial charge on any atom is -0.0123 e. The second-order valence-corrected chi connectivity index (χ2v) is 6.06. The quantitative estimate of drug-likeness (QED) is 0.522. The third kappa shape index (κ3) is 2.46. The fourth-order valence-electron chi connectivity index (χ4n) is 3.31. The normalized spacial score (nSPS) is 10.7. The summed E-state index contributed by atoms with van der Waals surface area (Å²) in [4.78, 5) is 0. The molecule has 0 unspecified atom stereocenters. The number of hydrogen-bond acceptors (Lipinski definition) is 0. The van der Waals surface area contributed by atoms with Gasteiger partial charge < -0.3 is 0 Å². The summed E-state index contributed by atoms with van der Waals surface area (Å²) in [6.45, 7) is 8.81. The van der Waals surface area contributed by atoms with Crippen molar-refractivity contribution in [1.82, 2.24) is 0 Å². The minimum Gasteiger partial charge on any atom is -0.0620 e. The Kier molecular flexibility index (Phi) is 3.85. The highest BCUT2D eigenvalue weighted by Crippen LogP contribution is 2.35. The molecule has 0 heteroatoms. The molecule has 0 aliphatic heterocycles. The van der Waals surface area contributed by atoms with E-state index >= 15 is 0 Å². The molecule has 3 aromatic rings. The smallest absolute Gasteiger partial charge is 0.0123 e. The van der Waals surface area contributed by atoms with Gasteiger partial charge in [0.05, 0.1) is 0 Å². The van der Waals surface area contributed by atoms with Crippen LogP contribution in [0.1, 0.15) is 22.3 Å². The molecule has 0 nitrogen and oxygen atoms in total. The lowest BCUT2D eigenvalue weighted by atomic mass is 9.88.